The molecule has 0 atom stereocenters. The highest BCUT2D eigenvalue weighted by atomic mass is 32.1. The monoisotopic (exact) mass is 306 g/mol. The topological polar surface area (TPSA) is 102 Å². The number of anilines is 1. The Hall–Kier alpha value is -2.61. The highest BCUT2D eigenvalue weighted by Gasteiger charge is 2.17. The molecule has 0 unspecified atom stereocenters. The maximum atomic E-state index is 12.4. The highest BCUT2D eigenvalue weighted by Crippen LogP contribution is 2.25. The van der Waals surface area contributed by atoms with Gasteiger partial charge >= 0.3 is 0 Å². The van der Waals surface area contributed by atoms with Gasteiger partial charge in [0.05, 0.1) is 31.5 Å². The van der Waals surface area contributed by atoms with Gasteiger partial charge in [-0.05, 0) is 18.2 Å². The van der Waals surface area contributed by atoms with Crippen molar-refractivity contribution < 1.29 is 14.3 Å². The van der Waals surface area contributed by atoms with E-state index in [1.54, 1.807) is 18.2 Å². The summed E-state index contributed by atoms with van der Waals surface area (Å²) >= 11 is 4.88. The van der Waals surface area contributed by atoms with Crippen LogP contribution in [0.25, 0.3) is 0 Å². The quantitative estimate of drug-likeness (QED) is 0.720. The summed E-state index contributed by atoms with van der Waals surface area (Å²) in [6, 6.07) is 4.92. The van der Waals surface area contributed by atoms with E-state index in [9.17, 15) is 4.79 Å². The number of rotatable bonds is 5. The smallest absolute Gasteiger partial charge is 0.260 e. The minimum atomic E-state index is -0.396. The predicted molar refractivity (Wildman–Crippen MR) is 82.0 cm³/mol. The Bertz CT molecular complexity index is 684. The van der Waals surface area contributed by atoms with Gasteiger partial charge < -0.3 is 20.5 Å². The summed E-state index contributed by atoms with van der Waals surface area (Å²) in [6.45, 7) is 0. The lowest BCUT2D eigenvalue weighted by Crippen LogP contribution is -2.17. The third-order valence-electron chi connectivity index (χ3n) is 2.79. The van der Waals surface area contributed by atoms with Crippen molar-refractivity contribution in [1.29, 1.82) is 0 Å². The summed E-state index contributed by atoms with van der Waals surface area (Å²) in [5, 5.41) is 9.09. The molecule has 0 spiro atoms. The number of H-pyrrole nitrogens is 1. The van der Waals surface area contributed by atoms with E-state index in [2.05, 4.69) is 15.5 Å². The summed E-state index contributed by atoms with van der Waals surface area (Å²) in [5.41, 5.74) is 6.33. The van der Waals surface area contributed by atoms with E-state index in [4.69, 9.17) is 27.4 Å². The molecule has 0 saturated heterocycles. The van der Waals surface area contributed by atoms with Crippen molar-refractivity contribution in [3.63, 3.8) is 0 Å². The Morgan fingerprint density at radius 2 is 2.10 bits per heavy atom. The Kier molecular flexibility index (Phi) is 4.39. The highest BCUT2D eigenvalue weighted by molar-refractivity contribution is 7.80. The van der Waals surface area contributed by atoms with Crippen molar-refractivity contribution in [2.45, 2.75) is 0 Å². The zero-order chi connectivity index (χ0) is 15.4. The van der Waals surface area contributed by atoms with Crippen molar-refractivity contribution in [3.8, 4) is 11.5 Å². The first-order valence-corrected chi connectivity index (χ1v) is 6.34. The number of methoxy groups -OCH3 is 2. The molecule has 7 nitrogen and oxygen atoms in total. The standard InChI is InChI=1S/C13H14N4O3S/c1-19-7-3-4-10(20-2)8(5-7)13(18)16-12-9(11(14)21)6-15-17-12/h3-6H,1-2H3,(H2,14,21)(H2,15,16,17,18). The number of nitrogens with one attached hydrogen (secondary N) is 2. The molecular formula is C13H14N4O3S. The zero-order valence-corrected chi connectivity index (χ0v) is 12.3. The van der Waals surface area contributed by atoms with Crippen LogP contribution in [-0.4, -0.2) is 35.3 Å². The van der Waals surface area contributed by atoms with Crippen LogP contribution in [0.15, 0.2) is 24.4 Å². The lowest BCUT2D eigenvalue weighted by molar-refractivity contribution is 0.102. The van der Waals surface area contributed by atoms with Gasteiger partial charge in [-0.3, -0.25) is 9.89 Å². The second-order valence-corrected chi connectivity index (χ2v) is 4.48. The van der Waals surface area contributed by atoms with Crippen molar-refractivity contribution in [1.82, 2.24) is 10.2 Å². The maximum Gasteiger partial charge on any atom is 0.260 e. The molecule has 0 saturated carbocycles. The number of ether oxygens (including phenoxy) is 2. The third-order valence-corrected chi connectivity index (χ3v) is 3.01. The maximum absolute atomic E-state index is 12.4. The van der Waals surface area contributed by atoms with Crippen LogP contribution in [-0.2, 0) is 0 Å². The van der Waals surface area contributed by atoms with Crippen LogP contribution in [0, 0.1) is 0 Å². The summed E-state index contributed by atoms with van der Waals surface area (Å²) < 4.78 is 10.3. The molecule has 1 aromatic carbocycles. The molecule has 2 aromatic rings. The van der Waals surface area contributed by atoms with Gasteiger partial charge in [0.1, 0.15) is 22.3 Å². The minimum absolute atomic E-state index is 0.136. The fraction of sp³-hybridized carbons (Fsp3) is 0.154. The second kappa shape index (κ2) is 6.23. The predicted octanol–water partition coefficient (Wildman–Crippen LogP) is 1.31. The van der Waals surface area contributed by atoms with Gasteiger partial charge in [0.2, 0.25) is 0 Å². The van der Waals surface area contributed by atoms with Crippen LogP contribution in [0.1, 0.15) is 15.9 Å². The van der Waals surface area contributed by atoms with Gasteiger partial charge in [0, 0.05) is 0 Å². The molecule has 0 bridgehead atoms. The van der Waals surface area contributed by atoms with Gasteiger partial charge in [-0.25, -0.2) is 0 Å². The number of nitrogens with two attached hydrogens (primary N) is 1. The zero-order valence-electron chi connectivity index (χ0n) is 11.5. The first-order valence-electron chi connectivity index (χ1n) is 5.93. The van der Waals surface area contributed by atoms with E-state index in [-0.39, 0.29) is 4.99 Å². The van der Waals surface area contributed by atoms with Gasteiger partial charge in [0.15, 0.2) is 0 Å². The van der Waals surface area contributed by atoms with Crippen LogP contribution >= 0.6 is 12.2 Å². The SMILES string of the molecule is COc1ccc(OC)c(C(=O)Nc2[nH]ncc2C(N)=S)c1. The first-order chi connectivity index (χ1) is 10.1. The normalized spacial score (nSPS) is 10.0. The lowest BCUT2D eigenvalue weighted by atomic mass is 10.1. The van der Waals surface area contributed by atoms with E-state index in [0.29, 0.717) is 28.4 Å². The number of benzene rings is 1. The summed E-state index contributed by atoms with van der Waals surface area (Å²) in [4.78, 5) is 12.5. The minimum Gasteiger partial charge on any atom is -0.497 e. The number of carbonyl (C=O) groups excluding carboxylic acids is 1. The van der Waals surface area contributed by atoms with Gasteiger partial charge in [0.25, 0.3) is 5.91 Å². The number of carbonyl (C=O) groups is 1. The molecule has 21 heavy (non-hydrogen) atoms. The van der Waals surface area contributed by atoms with E-state index in [0.717, 1.165) is 0 Å². The number of thiocarbonyl (C=S) groups is 1. The third kappa shape index (κ3) is 3.11. The van der Waals surface area contributed by atoms with Gasteiger partial charge in [-0.15, -0.1) is 0 Å². The Labute approximate surface area is 126 Å². The summed E-state index contributed by atoms with van der Waals surface area (Å²) in [5.74, 6) is 0.898. The van der Waals surface area contributed by atoms with Crippen LogP contribution in [0.2, 0.25) is 0 Å². The van der Waals surface area contributed by atoms with Crippen molar-refractivity contribution >= 4 is 28.9 Å². The molecule has 8 heteroatoms. The van der Waals surface area contributed by atoms with Gasteiger partial charge in [-0.2, -0.15) is 5.10 Å². The Morgan fingerprint density at radius 1 is 1.33 bits per heavy atom. The lowest BCUT2D eigenvalue weighted by Gasteiger charge is -2.10. The van der Waals surface area contributed by atoms with Crippen molar-refractivity contribution in [2.75, 3.05) is 19.5 Å². The first kappa shape index (κ1) is 14.8. The molecule has 0 radical (unpaired) electrons. The summed E-state index contributed by atoms with van der Waals surface area (Å²) in [6.07, 6.45) is 1.45. The molecule has 0 fully saturated rings. The molecule has 0 aliphatic heterocycles. The summed E-state index contributed by atoms with van der Waals surface area (Å²) in [7, 11) is 3.00. The van der Waals surface area contributed by atoms with Crippen LogP contribution < -0.4 is 20.5 Å². The molecule has 0 aliphatic carbocycles. The van der Waals surface area contributed by atoms with Crippen LogP contribution in [0.5, 0.6) is 11.5 Å². The van der Waals surface area contributed by atoms with Crippen LogP contribution in [0.4, 0.5) is 5.82 Å². The van der Waals surface area contributed by atoms with E-state index < -0.39 is 5.91 Å². The average Bonchev–Trinajstić information content (AvgIpc) is 2.94. The van der Waals surface area contributed by atoms with E-state index >= 15 is 0 Å². The fourth-order valence-corrected chi connectivity index (χ4v) is 1.90. The fourth-order valence-electron chi connectivity index (χ4n) is 1.74. The van der Waals surface area contributed by atoms with E-state index in [1.165, 1.54) is 20.4 Å². The Balaban J connectivity index is 2.31. The molecule has 4 N–H and O–H groups in total. The molecule has 0 aliphatic rings. The number of nitrogens with zero attached hydrogens (tertiary/aromatic N) is 1. The second-order valence-electron chi connectivity index (χ2n) is 4.04. The molecule has 2 rings (SSSR count). The molecule has 1 amide bonds. The number of hydrogen-bond donors (Lipinski definition) is 3. The van der Waals surface area contributed by atoms with Gasteiger partial charge in [-0.1, -0.05) is 12.2 Å². The van der Waals surface area contributed by atoms with Crippen molar-refractivity contribution in [3.05, 3.63) is 35.5 Å². The number of aromatic nitrogens is 2. The number of hydrogen-bond acceptors (Lipinski definition) is 5. The molecular weight excluding hydrogens is 292 g/mol. The molecule has 1 aromatic heterocycles. The molecule has 1 heterocycles. The van der Waals surface area contributed by atoms with Crippen LogP contribution in [0.3, 0.4) is 0 Å². The largest absolute Gasteiger partial charge is 0.497 e. The average molecular weight is 306 g/mol. The van der Waals surface area contributed by atoms with Crippen molar-refractivity contribution in [2.24, 2.45) is 5.73 Å². The number of amides is 1. The Morgan fingerprint density at radius 3 is 2.71 bits per heavy atom. The molecule has 110 valence electrons. The number of aromatic amines is 1. The van der Waals surface area contributed by atoms with E-state index in [1.807, 2.05) is 0 Å².